The van der Waals surface area contributed by atoms with Crippen LogP contribution >= 0.6 is 11.8 Å². The third-order valence-electron chi connectivity index (χ3n) is 7.56. The largest absolute Gasteiger partial charge is 0.484 e. The average Bonchev–Trinajstić information content (AvgIpc) is 3.42. The Morgan fingerprint density at radius 1 is 1.06 bits per heavy atom. The van der Waals surface area contributed by atoms with Gasteiger partial charge in [0.05, 0.1) is 6.20 Å². The number of benzene rings is 1. The van der Waals surface area contributed by atoms with E-state index in [2.05, 4.69) is 16.9 Å². The van der Waals surface area contributed by atoms with Crippen molar-refractivity contribution in [1.82, 2.24) is 9.78 Å². The summed E-state index contributed by atoms with van der Waals surface area (Å²) >= 11 is 2.08. The lowest BCUT2D eigenvalue weighted by Crippen LogP contribution is -2.45. The van der Waals surface area contributed by atoms with Crippen molar-refractivity contribution in [2.45, 2.75) is 76.4 Å². The zero-order chi connectivity index (χ0) is 23.1. The van der Waals surface area contributed by atoms with Crippen molar-refractivity contribution in [1.29, 1.82) is 0 Å². The van der Waals surface area contributed by atoms with Crippen molar-refractivity contribution in [2.75, 3.05) is 23.8 Å². The number of nitrogens with zero attached hydrogens (tertiary/aromatic N) is 3. The molecular weight excluding hydrogens is 430 g/mol. The molecule has 1 unspecified atom stereocenters. The summed E-state index contributed by atoms with van der Waals surface area (Å²) in [5.41, 5.74) is 1.54. The van der Waals surface area contributed by atoms with Crippen LogP contribution in [0.5, 0.6) is 5.75 Å². The van der Waals surface area contributed by atoms with E-state index in [1.807, 2.05) is 53.9 Å². The van der Waals surface area contributed by atoms with Crippen LogP contribution in [0.1, 0.15) is 69.8 Å². The Labute approximate surface area is 203 Å². The van der Waals surface area contributed by atoms with E-state index in [4.69, 9.17) is 4.74 Å². The molecule has 6 heteroatoms. The third kappa shape index (κ3) is 6.14. The molecule has 0 radical (unpaired) electrons. The summed E-state index contributed by atoms with van der Waals surface area (Å²) < 4.78 is 7.69. The molecule has 33 heavy (non-hydrogen) atoms. The highest BCUT2D eigenvalue weighted by Gasteiger charge is 2.44. The predicted octanol–water partition coefficient (Wildman–Crippen LogP) is 6.16. The van der Waals surface area contributed by atoms with Crippen LogP contribution < -0.4 is 9.64 Å². The molecule has 2 aromatic rings. The number of ether oxygens (including phenoxy) is 1. The summed E-state index contributed by atoms with van der Waals surface area (Å²) in [6.45, 7) is 2.83. The van der Waals surface area contributed by atoms with E-state index in [0.29, 0.717) is 10.7 Å². The molecule has 1 spiro atoms. The molecule has 2 fully saturated rings. The Hall–Kier alpha value is -1.95. The van der Waals surface area contributed by atoms with Crippen LogP contribution in [0, 0.1) is 12.3 Å². The van der Waals surface area contributed by atoms with Gasteiger partial charge in [0.25, 0.3) is 5.91 Å². The number of rotatable bonds is 6. The lowest BCUT2D eigenvalue weighted by Gasteiger charge is -2.38. The van der Waals surface area contributed by atoms with Gasteiger partial charge in [-0.3, -0.25) is 14.4 Å². The number of hydrogen-bond acceptors (Lipinski definition) is 4. The average molecular weight is 470 g/mol. The fraction of sp³-hybridized carbons (Fsp3) is 0.630. The normalized spacial score (nSPS) is 21.1. The molecule has 5 nitrogen and oxygen atoms in total. The number of carbonyl (C=O) groups excluding carboxylic acids is 1. The smallest absolute Gasteiger partial charge is 0.266 e. The molecule has 2 heterocycles. The van der Waals surface area contributed by atoms with Crippen molar-refractivity contribution in [3.05, 3.63) is 42.1 Å². The van der Waals surface area contributed by atoms with Gasteiger partial charge in [-0.1, -0.05) is 62.6 Å². The highest BCUT2D eigenvalue weighted by Crippen LogP contribution is 2.51. The molecule has 1 aromatic carbocycles. The van der Waals surface area contributed by atoms with E-state index >= 15 is 0 Å². The number of hydrogen-bond donors (Lipinski definition) is 0. The molecule has 1 saturated heterocycles. The SMILES string of the molecule is Cc1ccc(OCC(=O)N(CC2SCCC23CCCCCCCCC3)c2ccnn2C)cc1. The lowest BCUT2D eigenvalue weighted by atomic mass is 9.72. The molecule has 180 valence electrons. The maximum absolute atomic E-state index is 13.5. The predicted molar refractivity (Wildman–Crippen MR) is 137 cm³/mol. The summed E-state index contributed by atoms with van der Waals surface area (Å²) in [5.74, 6) is 2.80. The van der Waals surface area contributed by atoms with Crippen LogP contribution in [-0.2, 0) is 11.8 Å². The van der Waals surface area contributed by atoms with Crippen LogP contribution in [-0.4, -0.2) is 39.8 Å². The van der Waals surface area contributed by atoms with Crippen LogP contribution in [0.4, 0.5) is 5.82 Å². The standard InChI is InChI=1S/C27H39N3O2S/c1-22-10-12-23(13-11-22)32-21-26(31)30(25-14-18-28-29(25)2)20-24-27(17-19-33-24)15-8-6-4-3-5-7-9-16-27/h10-14,18,24H,3-9,15-17,19-21H2,1-2H3. The zero-order valence-electron chi connectivity index (χ0n) is 20.3. The van der Waals surface area contributed by atoms with Gasteiger partial charge < -0.3 is 4.74 Å². The van der Waals surface area contributed by atoms with Gasteiger partial charge in [0, 0.05) is 24.9 Å². The first kappa shape index (κ1) is 24.2. The fourth-order valence-corrected chi connectivity index (χ4v) is 7.27. The summed E-state index contributed by atoms with van der Waals surface area (Å²) in [6, 6.07) is 9.83. The Morgan fingerprint density at radius 2 is 1.73 bits per heavy atom. The van der Waals surface area contributed by atoms with Gasteiger partial charge in [0.15, 0.2) is 6.61 Å². The van der Waals surface area contributed by atoms with Crippen LogP contribution in [0.15, 0.2) is 36.5 Å². The third-order valence-corrected chi connectivity index (χ3v) is 9.05. The summed E-state index contributed by atoms with van der Waals surface area (Å²) in [5, 5.41) is 4.82. The lowest BCUT2D eigenvalue weighted by molar-refractivity contribution is -0.120. The van der Waals surface area contributed by atoms with Gasteiger partial charge in [0.1, 0.15) is 11.6 Å². The fourth-order valence-electron chi connectivity index (χ4n) is 5.50. The molecule has 4 rings (SSSR count). The first-order valence-corrected chi connectivity index (χ1v) is 13.7. The van der Waals surface area contributed by atoms with Crippen LogP contribution in [0.2, 0.25) is 0 Å². The summed E-state index contributed by atoms with van der Waals surface area (Å²) in [6.07, 6.45) is 15.2. The van der Waals surface area contributed by atoms with E-state index in [9.17, 15) is 4.79 Å². The van der Waals surface area contributed by atoms with Crippen LogP contribution in [0.3, 0.4) is 0 Å². The highest BCUT2D eigenvalue weighted by molar-refractivity contribution is 8.00. The van der Waals surface area contributed by atoms with Gasteiger partial charge in [0.2, 0.25) is 0 Å². The van der Waals surface area contributed by atoms with E-state index in [1.165, 1.54) is 75.5 Å². The van der Waals surface area contributed by atoms with Crippen molar-refractivity contribution in [3.63, 3.8) is 0 Å². The quantitative estimate of drug-likeness (QED) is 0.508. The van der Waals surface area contributed by atoms with Crippen molar-refractivity contribution in [2.24, 2.45) is 12.5 Å². The van der Waals surface area contributed by atoms with Crippen molar-refractivity contribution >= 4 is 23.5 Å². The minimum Gasteiger partial charge on any atom is -0.484 e. The number of aromatic nitrogens is 2. The molecule has 1 aromatic heterocycles. The van der Waals surface area contributed by atoms with Crippen molar-refractivity contribution < 1.29 is 9.53 Å². The molecule has 1 saturated carbocycles. The van der Waals surface area contributed by atoms with E-state index in [-0.39, 0.29) is 12.5 Å². The van der Waals surface area contributed by atoms with Gasteiger partial charge >= 0.3 is 0 Å². The summed E-state index contributed by atoms with van der Waals surface area (Å²) in [4.78, 5) is 15.4. The maximum Gasteiger partial charge on any atom is 0.266 e. The Morgan fingerprint density at radius 3 is 2.36 bits per heavy atom. The second-order valence-corrected chi connectivity index (χ2v) is 11.2. The van der Waals surface area contributed by atoms with Gasteiger partial charge in [-0.2, -0.15) is 16.9 Å². The second kappa shape index (κ2) is 11.5. The minimum atomic E-state index is 0.00157. The van der Waals surface area contributed by atoms with Crippen molar-refractivity contribution in [3.8, 4) is 5.75 Å². The number of aryl methyl sites for hydroxylation is 2. The van der Waals surface area contributed by atoms with E-state index < -0.39 is 0 Å². The Balaban J connectivity index is 1.50. The Bertz CT molecular complexity index is 885. The number of carbonyl (C=O) groups is 1. The Kier molecular flexibility index (Phi) is 8.39. The summed E-state index contributed by atoms with van der Waals surface area (Å²) in [7, 11) is 1.91. The monoisotopic (exact) mass is 469 g/mol. The molecule has 1 amide bonds. The molecular formula is C27H39N3O2S. The minimum absolute atomic E-state index is 0.00157. The number of amides is 1. The number of thioether (sulfide) groups is 1. The molecule has 1 aliphatic heterocycles. The maximum atomic E-state index is 13.5. The van der Waals surface area contributed by atoms with Gasteiger partial charge in [-0.25, -0.2) is 0 Å². The van der Waals surface area contributed by atoms with Crippen LogP contribution in [0.25, 0.3) is 0 Å². The first-order valence-electron chi connectivity index (χ1n) is 12.7. The zero-order valence-corrected chi connectivity index (χ0v) is 21.1. The van der Waals surface area contributed by atoms with E-state index in [1.54, 1.807) is 6.20 Å². The first-order chi connectivity index (χ1) is 16.1. The molecule has 1 atom stereocenters. The van der Waals surface area contributed by atoms with Gasteiger partial charge in [-0.15, -0.1) is 0 Å². The topological polar surface area (TPSA) is 47.4 Å². The van der Waals surface area contributed by atoms with E-state index in [0.717, 1.165) is 18.1 Å². The molecule has 1 aliphatic carbocycles. The molecule has 0 N–H and O–H groups in total. The highest BCUT2D eigenvalue weighted by atomic mass is 32.2. The number of anilines is 1. The molecule has 0 bridgehead atoms. The molecule has 2 aliphatic rings. The second-order valence-electron chi connectivity index (χ2n) is 9.87. The van der Waals surface area contributed by atoms with Gasteiger partial charge in [-0.05, 0) is 49.5 Å².